The minimum Gasteiger partial charge on any atom is -0.393 e. The van der Waals surface area contributed by atoms with Gasteiger partial charge in [-0.15, -0.1) is 11.3 Å². The molecule has 0 aliphatic heterocycles. The van der Waals surface area contributed by atoms with Gasteiger partial charge >= 0.3 is 0 Å². The van der Waals surface area contributed by atoms with E-state index in [1.807, 2.05) is 0 Å². The second kappa shape index (κ2) is 5.61. The number of fused-ring (bicyclic) bond motifs is 1. The van der Waals surface area contributed by atoms with Gasteiger partial charge in [0.05, 0.1) is 17.5 Å². The van der Waals surface area contributed by atoms with Gasteiger partial charge in [0.1, 0.15) is 0 Å². The lowest BCUT2D eigenvalue weighted by Gasteiger charge is -2.25. The lowest BCUT2D eigenvalue weighted by Crippen LogP contribution is -2.29. The Labute approximate surface area is 117 Å². The fraction of sp³-hybridized carbons (Fsp3) is 0.643. The molecule has 0 aromatic carbocycles. The van der Waals surface area contributed by atoms with E-state index in [1.54, 1.807) is 11.3 Å². The normalized spacial score (nSPS) is 24.1. The highest BCUT2D eigenvalue weighted by Gasteiger charge is 2.19. The number of rotatable bonds is 4. The van der Waals surface area contributed by atoms with Crippen LogP contribution < -0.4 is 5.32 Å². The Balaban J connectivity index is 1.57. The lowest BCUT2D eigenvalue weighted by molar-refractivity contribution is 0.100. The number of hydrogen-bond acceptors (Lipinski definition) is 4. The van der Waals surface area contributed by atoms with Crippen LogP contribution in [0.15, 0.2) is 11.6 Å². The monoisotopic (exact) mass is 279 g/mol. The van der Waals surface area contributed by atoms with Crippen molar-refractivity contribution in [3.8, 4) is 0 Å². The van der Waals surface area contributed by atoms with Crippen LogP contribution in [0.5, 0.6) is 0 Å². The third-order valence-electron chi connectivity index (χ3n) is 4.04. The van der Waals surface area contributed by atoms with E-state index in [0.717, 1.165) is 43.0 Å². The van der Waals surface area contributed by atoms with Gasteiger partial charge in [-0.2, -0.15) is 0 Å². The summed E-state index contributed by atoms with van der Waals surface area (Å²) in [7, 11) is 0. The van der Waals surface area contributed by atoms with Gasteiger partial charge in [0, 0.05) is 18.1 Å². The van der Waals surface area contributed by atoms with E-state index in [0.29, 0.717) is 5.92 Å². The molecule has 5 heteroatoms. The molecule has 1 aliphatic carbocycles. The zero-order valence-corrected chi connectivity index (χ0v) is 12.1. The van der Waals surface area contributed by atoms with E-state index in [-0.39, 0.29) is 6.10 Å². The molecule has 2 N–H and O–H groups in total. The van der Waals surface area contributed by atoms with Crippen molar-refractivity contribution in [3.63, 3.8) is 0 Å². The number of aliphatic hydroxyl groups is 1. The van der Waals surface area contributed by atoms with Gasteiger partial charge in [-0.1, -0.05) is 6.42 Å². The van der Waals surface area contributed by atoms with Gasteiger partial charge in [-0.05, 0) is 38.6 Å². The second-order valence-corrected chi connectivity index (χ2v) is 6.39. The van der Waals surface area contributed by atoms with Crippen LogP contribution in [0.4, 0.5) is 0 Å². The number of nitrogens with one attached hydrogen (secondary N) is 1. The van der Waals surface area contributed by atoms with E-state index >= 15 is 0 Å². The highest BCUT2D eigenvalue weighted by atomic mass is 32.1. The Hall–Kier alpha value is -0.910. The molecule has 1 fully saturated rings. The van der Waals surface area contributed by atoms with Crippen molar-refractivity contribution in [1.29, 1.82) is 0 Å². The summed E-state index contributed by atoms with van der Waals surface area (Å²) in [5, 5.41) is 15.3. The predicted octanol–water partition coefficient (Wildman–Crippen LogP) is 2.34. The van der Waals surface area contributed by atoms with Crippen LogP contribution in [0.25, 0.3) is 4.96 Å². The highest BCUT2D eigenvalue weighted by Crippen LogP contribution is 2.23. The molecule has 0 bridgehead atoms. The number of hydrogen-bond donors (Lipinski definition) is 2. The van der Waals surface area contributed by atoms with Gasteiger partial charge in [0.25, 0.3) is 0 Å². The summed E-state index contributed by atoms with van der Waals surface area (Å²) in [6.45, 7) is 3.92. The molecule has 2 unspecified atom stereocenters. The number of aromatic nitrogens is 2. The molecule has 2 aromatic heterocycles. The molecule has 2 atom stereocenters. The first-order valence-electron chi connectivity index (χ1n) is 7.04. The molecule has 104 valence electrons. The molecule has 0 saturated heterocycles. The van der Waals surface area contributed by atoms with Crippen LogP contribution in [0.1, 0.15) is 37.1 Å². The fourth-order valence-corrected chi connectivity index (χ4v) is 3.77. The van der Waals surface area contributed by atoms with E-state index in [2.05, 4.69) is 33.2 Å². The van der Waals surface area contributed by atoms with Gasteiger partial charge in [-0.3, -0.25) is 4.40 Å². The minimum atomic E-state index is -0.0826. The lowest BCUT2D eigenvalue weighted by atomic mass is 9.87. The summed E-state index contributed by atoms with van der Waals surface area (Å²) >= 11 is 1.68. The van der Waals surface area contributed by atoms with Crippen LogP contribution in [-0.2, 0) is 6.54 Å². The van der Waals surface area contributed by atoms with E-state index in [1.165, 1.54) is 12.1 Å². The highest BCUT2D eigenvalue weighted by molar-refractivity contribution is 7.15. The number of imidazole rings is 1. The third-order valence-corrected chi connectivity index (χ3v) is 4.80. The smallest absolute Gasteiger partial charge is 0.194 e. The van der Waals surface area contributed by atoms with Gasteiger partial charge in [-0.25, -0.2) is 4.98 Å². The van der Waals surface area contributed by atoms with Crippen molar-refractivity contribution < 1.29 is 5.11 Å². The Morgan fingerprint density at radius 2 is 2.42 bits per heavy atom. The first-order chi connectivity index (χ1) is 9.24. The van der Waals surface area contributed by atoms with Crippen LogP contribution in [-0.4, -0.2) is 27.1 Å². The zero-order valence-electron chi connectivity index (χ0n) is 11.3. The molecule has 2 heterocycles. The van der Waals surface area contributed by atoms with Crippen LogP contribution in [0, 0.1) is 12.8 Å². The topological polar surface area (TPSA) is 49.6 Å². The average molecular weight is 279 g/mol. The Bertz CT molecular complexity index is 548. The molecule has 19 heavy (non-hydrogen) atoms. The fourth-order valence-electron chi connectivity index (χ4n) is 3.00. The summed E-state index contributed by atoms with van der Waals surface area (Å²) in [5.41, 5.74) is 2.37. The Kier molecular flexibility index (Phi) is 3.86. The van der Waals surface area contributed by atoms with Crippen molar-refractivity contribution in [3.05, 3.63) is 23.0 Å². The molecule has 0 spiro atoms. The standard InChI is InChI=1S/C14H21N3OS/c1-10-13(17-5-6-19-14(17)16-10)9-15-8-11-3-2-4-12(18)7-11/h5-6,11-12,15,18H,2-4,7-9H2,1H3. The maximum absolute atomic E-state index is 9.68. The molecule has 4 nitrogen and oxygen atoms in total. The predicted molar refractivity (Wildman–Crippen MR) is 77.5 cm³/mol. The van der Waals surface area contributed by atoms with Crippen LogP contribution in [0.2, 0.25) is 0 Å². The minimum absolute atomic E-state index is 0.0826. The third kappa shape index (κ3) is 2.83. The Morgan fingerprint density at radius 3 is 3.26 bits per heavy atom. The van der Waals surface area contributed by atoms with Crippen molar-refractivity contribution in [2.75, 3.05) is 6.54 Å². The van der Waals surface area contributed by atoms with Crippen molar-refractivity contribution in [2.24, 2.45) is 5.92 Å². The quantitative estimate of drug-likeness (QED) is 0.903. The first kappa shape index (κ1) is 13.1. The average Bonchev–Trinajstić information content (AvgIpc) is 2.92. The maximum atomic E-state index is 9.68. The SMILES string of the molecule is Cc1nc2sccn2c1CNCC1CCCC(O)C1. The second-order valence-electron chi connectivity index (χ2n) is 5.52. The summed E-state index contributed by atoms with van der Waals surface area (Å²) in [6, 6.07) is 0. The van der Waals surface area contributed by atoms with Crippen molar-refractivity contribution in [1.82, 2.24) is 14.7 Å². The van der Waals surface area contributed by atoms with Crippen molar-refractivity contribution in [2.45, 2.75) is 45.3 Å². The summed E-state index contributed by atoms with van der Waals surface area (Å²) in [4.78, 5) is 5.62. The first-order valence-corrected chi connectivity index (χ1v) is 7.92. The molecular weight excluding hydrogens is 258 g/mol. The van der Waals surface area contributed by atoms with E-state index in [4.69, 9.17) is 0 Å². The maximum Gasteiger partial charge on any atom is 0.194 e. The van der Waals surface area contributed by atoms with E-state index < -0.39 is 0 Å². The van der Waals surface area contributed by atoms with Crippen molar-refractivity contribution >= 4 is 16.3 Å². The zero-order chi connectivity index (χ0) is 13.2. The molecule has 0 radical (unpaired) electrons. The summed E-state index contributed by atoms with van der Waals surface area (Å²) < 4.78 is 2.17. The molecule has 0 amide bonds. The molecule has 1 saturated carbocycles. The number of thiazole rings is 1. The number of nitrogens with zero attached hydrogens (tertiary/aromatic N) is 2. The molecule has 3 rings (SSSR count). The van der Waals surface area contributed by atoms with E-state index in [9.17, 15) is 5.11 Å². The van der Waals surface area contributed by atoms with Gasteiger partial charge in [0.2, 0.25) is 0 Å². The Morgan fingerprint density at radius 1 is 1.53 bits per heavy atom. The number of aliphatic hydroxyl groups excluding tert-OH is 1. The van der Waals surface area contributed by atoms with Gasteiger partial charge < -0.3 is 10.4 Å². The molecular formula is C14H21N3OS. The van der Waals surface area contributed by atoms with Crippen LogP contribution >= 0.6 is 11.3 Å². The largest absolute Gasteiger partial charge is 0.393 e. The van der Waals surface area contributed by atoms with Crippen LogP contribution in [0.3, 0.4) is 0 Å². The summed E-state index contributed by atoms with van der Waals surface area (Å²) in [5.74, 6) is 0.620. The molecule has 1 aliphatic rings. The number of aryl methyl sites for hydroxylation is 1. The van der Waals surface area contributed by atoms with Gasteiger partial charge in [0.15, 0.2) is 4.96 Å². The summed E-state index contributed by atoms with van der Waals surface area (Å²) in [6.07, 6.45) is 6.33. The molecule has 2 aromatic rings.